The Morgan fingerprint density at radius 3 is 2.91 bits per heavy atom. The van der Waals surface area contributed by atoms with Crippen LogP contribution < -0.4 is 4.74 Å². The lowest BCUT2D eigenvalue weighted by Crippen LogP contribution is -2.04. The molecule has 1 aromatic rings. The van der Waals surface area contributed by atoms with Gasteiger partial charge in [0.25, 0.3) is 5.88 Å². The molecule has 58 valence electrons. The second-order valence-electron chi connectivity index (χ2n) is 1.70. The molecule has 0 unspecified atom stereocenters. The van der Waals surface area contributed by atoms with E-state index in [-0.39, 0.29) is 11.6 Å². The number of carboxylic acid groups (broad SMARTS) is 1. The summed E-state index contributed by atoms with van der Waals surface area (Å²) >= 11 is 0. The molecule has 0 bridgehead atoms. The second kappa shape index (κ2) is 2.87. The molecule has 0 saturated heterocycles. The van der Waals surface area contributed by atoms with Gasteiger partial charge in [0.05, 0.1) is 0 Å². The molecule has 0 radical (unpaired) electrons. The Kier molecular flexibility index (Phi) is 1.91. The SMILES string of the molecule is O=C(O)Oc1ncccc1O. The summed E-state index contributed by atoms with van der Waals surface area (Å²) in [6, 6.07) is 2.75. The number of aromatic hydroxyl groups is 1. The highest BCUT2D eigenvalue weighted by Crippen LogP contribution is 2.20. The van der Waals surface area contributed by atoms with Crippen molar-refractivity contribution in [1.29, 1.82) is 0 Å². The summed E-state index contributed by atoms with van der Waals surface area (Å²) in [7, 11) is 0. The van der Waals surface area contributed by atoms with Crippen LogP contribution in [0.4, 0.5) is 4.79 Å². The molecule has 0 atom stereocenters. The van der Waals surface area contributed by atoms with Crippen LogP contribution in [-0.2, 0) is 0 Å². The maximum absolute atomic E-state index is 9.95. The Morgan fingerprint density at radius 2 is 2.36 bits per heavy atom. The Labute approximate surface area is 61.9 Å². The first-order valence-corrected chi connectivity index (χ1v) is 2.75. The van der Waals surface area contributed by atoms with E-state index in [1.54, 1.807) is 0 Å². The molecule has 2 N–H and O–H groups in total. The van der Waals surface area contributed by atoms with Crippen molar-refractivity contribution in [3.8, 4) is 11.6 Å². The quantitative estimate of drug-likeness (QED) is 0.587. The van der Waals surface area contributed by atoms with Gasteiger partial charge in [-0.3, -0.25) is 0 Å². The van der Waals surface area contributed by atoms with E-state index in [9.17, 15) is 4.79 Å². The van der Waals surface area contributed by atoms with Crippen LogP contribution in [0.3, 0.4) is 0 Å². The van der Waals surface area contributed by atoms with E-state index in [0.29, 0.717) is 0 Å². The molecule has 1 heterocycles. The third-order valence-corrected chi connectivity index (χ3v) is 0.935. The highest BCUT2D eigenvalue weighted by Gasteiger charge is 2.05. The first kappa shape index (κ1) is 7.33. The van der Waals surface area contributed by atoms with Gasteiger partial charge in [0.1, 0.15) is 0 Å². The predicted molar refractivity (Wildman–Crippen MR) is 34.6 cm³/mol. The molecule has 0 aliphatic rings. The lowest BCUT2D eigenvalue weighted by Gasteiger charge is -1.98. The van der Waals surface area contributed by atoms with E-state index in [2.05, 4.69) is 9.72 Å². The number of hydrogen-bond donors (Lipinski definition) is 2. The van der Waals surface area contributed by atoms with Gasteiger partial charge in [-0.15, -0.1) is 0 Å². The van der Waals surface area contributed by atoms with E-state index in [0.717, 1.165) is 0 Å². The largest absolute Gasteiger partial charge is 0.512 e. The molecular formula is C6H5NO4. The maximum atomic E-state index is 9.95. The number of aromatic nitrogens is 1. The van der Waals surface area contributed by atoms with Gasteiger partial charge >= 0.3 is 6.16 Å². The van der Waals surface area contributed by atoms with Crippen molar-refractivity contribution in [2.45, 2.75) is 0 Å². The van der Waals surface area contributed by atoms with Crippen LogP contribution in [0.25, 0.3) is 0 Å². The van der Waals surface area contributed by atoms with Crippen molar-refractivity contribution < 1.29 is 19.7 Å². The Hall–Kier alpha value is -1.78. The van der Waals surface area contributed by atoms with Gasteiger partial charge in [-0.2, -0.15) is 0 Å². The smallest absolute Gasteiger partial charge is 0.503 e. The average Bonchev–Trinajstić information content (AvgIpc) is 1.93. The van der Waals surface area contributed by atoms with Crippen LogP contribution in [0.1, 0.15) is 0 Å². The van der Waals surface area contributed by atoms with Gasteiger partial charge in [0.15, 0.2) is 5.75 Å². The summed E-state index contributed by atoms with van der Waals surface area (Å²) in [5.74, 6) is -0.602. The van der Waals surface area contributed by atoms with Gasteiger partial charge in [0, 0.05) is 6.20 Å². The highest BCUT2D eigenvalue weighted by atomic mass is 16.7. The molecule has 0 spiro atoms. The van der Waals surface area contributed by atoms with Crippen LogP contribution in [0.2, 0.25) is 0 Å². The molecule has 1 rings (SSSR count). The summed E-state index contributed by atoms with van der Waals surface area (Å²) in [5.41, 5.74) is 0. The van der Waals surface area contributed by atoms with Crippen molar-refractivity contribution in [3.05, 3.63) is 18.3 Å². The molecule has 0 amide bonds. The van der Waals surface area contributed by atoms with Crippen LogP contribution in [0.5, 0.6) is 11.6 Å². The van der Waals surface area contributed by atoms with Crippen LogP contribution in [0, 0.1) is 0 Å². The van der Waals surface area contributed by atoms with E-state index in [1.807, 2.05) is 0 Å². The van der Waals surface area contributed by atoms with E-state index < -0.39 is 6.16 Å². The highest BCUT2D eigenvalue weighted by molar-refractivity contribution is 5.61. The molecule has 0 saturated carbocycles. The summed E-state index contributed by atoms with van der Waals surface area (Å²) in [4.78, 5) is 13.4. The summed E-state index contributed by atoms with van der Waals surface area (Å²) in [6.07, 6.45) is -0.183. The maximum Gasteiger partial charge on any atom is 0.512 e. The topological polar surface area (TPSA) is 79.7 Å². The fraction of sp³-hybridized carbons (Fsp3) is 0. The van der Waals surface area contributed by atoms with Gasteiger partial charge < -0.3 is 14.9 Å². The lowest BCUT2D eigenvalue weighted by molar-refractivity contribution is 0.141. The fourth-order valence-corrected chi connectivity index (χ4v) is 0.544. The monoisotopic (exact) mass is 155 g/mol. The second-order valence-corrected chi connectivity index (χ2v) is 1.70. The van der Waals surface area contributed by atoms with Gasteiger partial charge in [0.2, 0.25) is 0 Å². The summed E-state index contributed by atoms with van der Waals surface area (Å²) in [5, 5.41) is 17.0. The third kappa shape index (κ3) is 1.82. The first-order chi connectivity index (χ1) is 5.20. The normalized spacial score (nSPS) is 9.09. The predicted octanol–water partition coefficient (Wildman–Crippen LogP) is 0.844. The third-order valence-electron chi connectivity index (χ3n) is 0.935. The number of nitrogens with zero attached hydrogens (tertiary/aromatic N) is 1. The fourth-order valence-electron chi connectivity index (χ4n) is 0.544. The number of ether oxygens (including phenoxy) is 1. The van der Waals surface area contributed by atoms with Crippen molar-refractivity contribution in [2.24, 2.45) is 0 Å². The number of carbonyl (C=O) groups is 1. The van der Waals surface area contributed by atoms with Crippen LogP contribution >= 0.6 is 0 Å². The lowest BCUT2D eigenvalue weighted by atomic mass is 10.4. The van der Waals surface area contributed by atoms with Gasteiger partial charge in [-0.1, -0.05) is 0 Å². The van der Waals surface area contributed by atoms with Crippen LogP contribution in [0.15, 0.2) is 18.3 Å². The Balaban J connectivity index is 2.86. The standard InChI is InChI=1S/C6H5NO4/c8-4-2-1-3-7-5(4)11-6(9)10/h1-3,8H,(H,9,10). The molecule has 0 aliphatic carbocycles. The molecule has 0 fully saturated rings. The zero-order valence-corrected chi connectivity index (χ0v) is 5.39. The minimum Gasteiger partial charge on any atom is -0.503 e. The van der Waals surface area contributed by atoms with E-state index in [1.165, 1.54) is 18.3 Å². The zero-order chi connectivity index (χ0) is 8.27. The molecule has 11 heavy (non-hydrogen) atoms. The molecule has 0 aromatic carbocycles. The molecule has 5 nitrogen and oxygen atoms in total. The van der Waals surface area contributed by atoms with Crippen molar-refractivity contribution in [1.82, 2.24) is 4.98 Å². The number of rotatable bonds is 1. The zero-order valence-electron chi connectivity index (χ0n) is 5.39. The van der Waals surface area contributed by atoms with Gasteiger partial charge in [-0.25, -0.2) is 9.78 Å². The number of pyridine rings is 1. The van der Waals surface area contributed by atoms with Gasteiger partial charge in [-0.05, 0) is 12.1 Å². The molecular weight excluding hydrogens is 150 g/mol. The first-order valence-electron chi connectivity index (χ1n) is 2.75. The molecule has 0 aliphatic heterocycles. The van der Waals surface area contributed by atoms with E-state index in [4.69, 9.17) is 10.2 Å². The Morgan fingerprint density at radius 1 is 1.64 bits per heavy atom. The summed E-state index contributed by atoms with van der Waals surface area (Å²) in [6.45, 7) is 0. The van der Waals surface area contributed by atoms with Crippen molar-refractivity contribution >= 4 is 6.16 Å². The van der Waals surface area contributed by atoms with Crippen molar-refractivity contribution in [3.63, 3.8) is 0 Å². The minimum atomic E-state index is -1.50. The van der Waals surface area contributed by atoms with Crippen molar-refractivity contribution in [2.75, 3.05) is 0 Å². The van der Waals surface area contributed by atoms with E-state index >= 15 is 0 Å². The number of hydrogen-bond acceptors (Lipinski definition) is 4. The Bertz CT molecular complexity index is 273. The minimum absolute atomic E-state index is 0.296. The molecule has 5 heteroatoms. The summed E-state index contributed by atoms with van der Waals surface area (Å²) < 4.78 is 4.10. The van der Waals surface area contributed by atoms with Crippen LogP contribution in [-0.4, -0.2) is 21.4 Å². The average molecular weight is 155 g/mol. The molecule has 1 aromatic heterocycles.